The van der Waals surface area contributed by atoms with Crippen LogP contribution >= 0.6 is 0 Å². The van der Waals surface area contributed by atoms with E-state index in [1.807, 2.05) is 31.2 Å². The molecule has 0 spiro atoms. The Labute approximate surface area is 162 Å². The van der Waals surface area contributed by atoms with Crippen molar-refractivity contribution in [3.63, 3.8) is 0 Å². The molecule has 3 aromatic carbocycles. The van der Waals surface area contributed by atoms with Crippen molar-refractivity contribution >= 4 is 5.78 Å². The fraction of sp³-hybridized carbons (Fsp3) is 0.174. The molecule has 0 aliphatic carbocycles. The zero-order valence-electron chi connectivity index (χ0n) is 15.4. The molecule has 4 rings (SSSR count). The molecule has 3 aromatic rings. The largest absolute Gasteiger partial charge is 0.508 e. The number of aryl methyl sites for hydroxylation is 1. The first-order valence-electron chi connectivity index (χ1n) is 9.04. The van der Waals surface area contributed by atoms with Gasteiger partial charge in [-0.2, -0.15) is 0 Å². The van der Waals surface area contributed by atoms with Gasteiger partial charge in [0.25, 0.3) is 0 Å². The number of Topliss-reactive ketones (excluding diaryl/α,β-unsaturated/α-hetero) is 1. The van der Waals surface area contributed by atoms with E-state index in [0.717, 1.165) is 16.7 Å². The third-order valence-corrected chi connectivity index (χ3v) is 4.73. The topological polar surface area (TPSA) is 76.0 Å². The van der Waals surface area contributed by atoms with Crippen LogP contribution < -0.4 is 9.47 Å². The van der Waals surface area contributed by atoms with Crippen molar-refractivity contribution in [2.75, 3.05) is 0 Å². The second-order valence-electron chi connectivity index (χ2n) is 6.92. The maximum absolute atomic E-state index is 12.6. The van der Waals surface area contributed by atoms with E-state index in [1.54, 1.807) is 30.3 Å². The van der Waals surface area contributed by atoms with Crippen LogP contribution in [0, 0.1) is 6.92 Å². The standard InChI is InChI=1S/C23H20O5/c1-14-3-2-4-15(9-14)13-27-18-10-19(25)23-20(26)12-21(28-22(23)11-18)16-5-7-17(24)8-6-16/h2-11,21,24-25H,12-13H2,1H3/t21-/m0/s1. The molecule has 1 aliphatic heterocycles. The Hall–Kier alpha value is -3.47. The molecule has 5 heteroatoms. The Bertz CT molecular complexity index is 1020. The van der Waals surface area contributed by atoms with Gasteiger partial charge < -0.3 is 19.7 Å². The van der Waals surface area contributed by atoms with Crippen molar-refractivity contribution in [2.24, 2.45) is 0 Å². The van der Waals surface area contributed by atoms with Gasteiger partial charge in [-0.3, -0.25) is 4.79 Å². The minimum Gasteiger partial charge on any atom is -0.508 e. The number of hydrogen-bond acceptors (Lipinski definition) is 5. The summed E-state index contributed by atoms with van der Waals surface area (Å²) in [4.78, 5) is 12.6. The molecule has 0 fully saturated rings. The van der Waals surface area contributed by atoms with Gasteiger partial charge in [0.15, 0.2) is 5.78 Å². The number of phenolic OH excluding ortho intramolecular Hbond substituents is 2. The van der Waals surface area contributed by atoms with Crippen molar-refractivity contribution < 1.29 is 24.5 Å². The van der Waals surface area contributed by atoms with Crippen LogP contribution in [0.1, 0.15) is 39.6 Å². The molecule has 1 aliphatic rings. The van der Waals surface area contributed by atoms with Crippen LogP contribution in [0.3, 0.4) is 0 Å². The summed E-state index contributed by atoms with van der Waals surface area (Å²) in [5, 5.41) is 19.8. The molecule has 0 amide bonds. The Morgan fingerprint density at radius 2 is 1.86 bits per heavy atom. The summed E-state index contributed by atoms with van der Waals surface area (Å²) in [6.07, 6.45) is -0.360. The molecule has 2 N–H and O–H groups in total. The van der Waals surface area contributed by atoms with Gasteiger partial charge in [0, 0.05) is 12.1 Å². The molecule has 0 aromatic heterocycles. The Balaban J connectivity index is 1.58. The summed E-state index contributed by atoms with van der Waals surface area (Å²) >= 11 is 0. The summed E-state index contributed by atoms with van der Waals surface area (Å²) in [5.74, 6) is 0.536. The second-order valence-corrected chi connectivity index (χ2v) is 6.92. The van der Waals surface area contributed by atoms with Crippen LogP contribution in [0.5, 0.6) is 23.0 Å². The molecule has 1 heterocycles. The van der Waals surface area contributed by atoms with E-state index in [9.17, 15) is 15.0 Å². The van der Waals surface area contributed by atoms with Gasteiger partial charge in [0.05, 0.1) is 6.42 Å². The summed E-state index contributed by atoms with van der Waals surface area (Å²) in [7, 11) is 0. The lowest BCUT2D eigenvalue weighted by Gasteiger charge is -2.26. The van der Waals surface area contributed by atoms with Gasteiger partial charge >= 0.3 is 0 Å². The number of aromatic hydroxyl groups is 2. The number of fused-ring (bicyclic) bond motifs is 1. The number of carbonyl (C=O) groups is 1. The number of hydrogen-bond donors (Lipinski definition) is 2. The number of phenols is 2. The number of ether oxygens (including phenoxy) is 2. The first-order chi connectivity index (χ1) is 13.5. The van der Waals surface area contributed by atoms with Gasteiger partial charge in [-0.25, -0.2) is 0 Å². The van der Waals surface area contributed by atoms with Crippen LogP contribution in [0.2, 0.25) is 0 Å². The van der Waals surface area contributed by atoms with E-state index in [0.29, 0.717) is 18.1 Å². The Morgan fingerprint density at radius 1 is 1.07 bits per heavy atom. The molecule has 0 bridgehead atoms. The van der Waals surface area contributed by atoms with Gasteiger partial charge in [-0.05, 0) is 30.2 Å². The van der Waals surface area contributed by atoms with Crippen molar-refractivity contribution in [2.45, 2.75) is 26.1 Å². The van der Waals surface area contributed by atoms with Gasteiger partial charge in [-0.15, -0.1) is 0 Å². The van der Waals surface area contributed by atoms with E-state index in [1.165, 1.54) is 6.07 Å². The van der Waals surface area contributed by atoms with Crippen LogP contribution in [0.25, 0.3) is 0 Å². The van der Waals surface area contributed by atoms with Crippen molar-refractivity contribution in [1.29, 1.82) is 0 Å². The number of ketones is 1. The summed E-state index contributed by atoms with van der Waals surface area (Å²) in [6, 6.07) is 17.6. The smallest absolute Gasteiger partial charge is 0.174 e. The fourth-order valence-corrected chi connectivity index (χ4v) is 3.34. The monoisotopic (exact) mass is 376 g/mol. The molecule has 0 saturated heterocycles. The van der Waals surface area contributed by atoms with E-state index in [4.69, 9.17) is 9.47 Å². The van der Waals surface area contributed by atoms with E-state index >= 15 is 0 Å². The summed E-state index contributed by atoms with van der Waals surface area (Å²) < 4.78 is 11.8. The maximum atomic E-state index is 12.6. The predicted octanol–water partition coefficient (Wildman–Crippen LogP) is 4.69. The molecular weight excluding hydrogens is 356 g/mol. The van der Waals surface area contributed by atoms with Crippen molar-refractivity contribution in [3.8, 4) is 23.0 Å². The Kier molecular flexibility index (Phi) is 4.65. The highest BCUT2D eigenvalue weighted by molar-refractivity contribution is 6.02. The average molecular weight is 376 g/mol. The van der Waals surface area contributed by atoms with Crippen LogP contribution in [-0.4, -0.2) is 16.0 Å². The molecule has 1 atom stereocenters. The first kappa shape index (κ1) is 17.9. The maximum Gasteiger partial charge on any atom is 0.174 e. The first-order valence-corrected chi connectivity index (χ1v) is 9.04. The molecule has 0 saturated carbocycles. The zero-order chi connectivity index (χ0) is 19.7. The fourth-order valence-electron chi connectivity index (χ4n) is 3.34. The van der Waals surface area contributed by atoms with E-state index in [2.05, 4.69) is 0 Å². The number of rotatable bonds is 4. The molecule has 0 radical (unpaired) electrons. The lowest BCUT2D eigenvalue weighted by Crippen LogP contribution is -2.20. The van der Waals surface area contributed by atoms with E-state index < -0.39 is 6.10 Å². The lowest BCUT2D eigenvalue weighted by molar-refractivity contribution is 0.0844. The summed E-state index contributed by atoms with van der Waals surface area (Å²) in [5.41, 5.74) is 3.11. The van der Waals surface area contributed by atoms with Gasteiger partial charge in [0.1, 0.15) is 41.3 Å². The van der Waals surface area contributed by atoms with Crippen LogP contribution in [0.4, 0.5) is 0 Å². The van der Waals surface area contributed by atoms with Gasteiger partial charge in [-0.1, -0.05) is 42.0 Å². The van der Waals surface area contributed by atoms with Gasteiger partial charge in [0.2, 0.25) is 0 Å². The Morgan fingerprint density at radius 3 is 2.61 bits per heavy atom. The molecule has 28 heavy (non-hydrogen) atoms. The quantitative estimate of drug-likeness (QED) is 0.691. The molecule has 5 nitrogen and oxygen atoms in total. The highest BCUT2D eigenvalue weighted by Gasteiger charge is 2.31. The summed E-state index contributed by atoms with van der Waals surface area (Å²) in [6.45, 7) is 2.35. The van der Waals surface area contributed by atoms with Crippen molar-refractivity contribution in [1.82, 2.24) is 0 Å². The number of carbonyl (C=O) groups excluding carboxylic acids is 1. The third kappa shape index (κ3) is 3.64. The normalized spacial score (nSPS) is 15.6. The minimum absolute atomic E-state index is 0.120. The highest BCUT2D eigenvalue weighted by Crippen LogP contribution is 2.42. The SMILES string of the molecule is Cc1cccc(COc2cc(O)c3c(c2)O[C@H](c2ccc(O)cc2)CC3=O)c1. The van der Waals surface area contributed by atoms with E-state index in [-0.39, 0.29) is 29.3 Å². The minimum atomic E-state index is -0.480. The average Bonchev–Trinajstić information content (AvgIpc) is 2.66. The third-order valence-electron chi connectivity index (χ3n) is 4.73. The van der Waals surface area contributed by atoms with Crippen molar-refractivity contribution in [3.05, 3.63) is 82.9 Å². The predicted molar refractivity (Wildman–Crippen MR) is 104 cm³/mol. The van der Waals surface area contributed by atoms with Crippen LogP contribution in [0.15, 0.2) is 60.7 Å². The highest BCUT2D eigenvalue weighted by atomic mass is 16.5. The number of benzene rings is 3. The van der Waals surface area contributed by atoms with Crippen LogP contribution in [-0.2, 0) is 6.61 Å². The lowest BCUT2D eigenvalue weighted by atomic mass is 9.95. The second kappa shape index (κ2) is 7.27. The molecule has 0 unspecified atom stereocenters. The molecular formula is C23H20O5. The molecule has 142 valence electrons. The zero-order valence-corrected chi connectivity index (χ0v) is 15.4.